The number of ether oxygens (including phenoxy) is 2. The molecule has 2 atom stereocenters. The molecule has 1 fully saturated rings. The van der Waals surface area contributed by atoms with E-state index in [1.165, 1.54) is 0 Å². The molecule has 1 aliphatic heterocycles. The van der Waals surface area contributed by atoms with E-state index < -0.39 is 0 Å². The summed E-state index contributed by atoms with van der Waals surface area (Å²) in [7, 11) is 1.65. The van der Waals surface area contributed by atoms with Crippen LogP contribution in [-0.2, 0) is 11.2 Å². The molecule has 0 N–H and O–H groups in total. The lowest BCUT2D eigenvalue weighted by atomic mass is 9.86. The van der Waals surface area contributed by atoms with Crippen molar-refractivity contribution in [3.8, 4) is 11.5 Å². The Hall–Kier alpha value is -1.97. The van der Waals surface area contributed by atoms with Gasteiger partial charge < -0.3 is 14.4 Å². The molecule has 1 amide bonds. The maximum Gasteiger partial charge on any atom is 0.222 e. The number of carbonyl (C=O) groups excluding carboxylic acids is 1. The van der Waals surface area contributed by atoms with Crippen molar-refractivity contribution in [3.63, 3.8) is 0 Å². The third kappa shape index (κ3) is 3.74. The van der Waals surface area contributed by atoms with Crippen LogP contribution in [0.15, 0.2) is 30.4 Å². The van der Waals surface area contributed by atoms with Gasteiger partial charge in [-0.05, 0) is 55.7 Å². The molecule has 0 spiro atoms. The second kappa shape index (κ2) is 7.73. The van der Waals surface area contributed by atoms with Gasteiger partial charge in [0.2, 0.25) is 5.91 Å². The van der Waals surface area contributed by atoms with E-state index in [4.69, 9.17) is 9.47 Å². The van der Waals surface area contributed by atoms with Crippen LogP contribution in [0, 0.1) is 11.8 Å². The monoisotopic (exact) mass is 329 g/mol. The van der Waals surface area contributed by atoms with E-state index in [2.05, 4.69) is 17.1 Å². The minimum atomic E-state index is 0.275. The number of hydrogen-bond acceptors (Lipinski definition) is 3. The number of hydrogen-bond donors (Lipinski definition) is 0. The van der Waals surface area contributed by atoms with Crippen molar-refractivity contribution < 1.29 is 14.3 Å². The van der Waals surface area contributed by atoms with Gasteiger partial charge >= 0.3 is 0 Å². The number of nitrogens with zero attached hydrogens (tertiary/aromatic N) is 1. The van der Waals surface area contributed by atoms with Crippen molar-refractivity contribution in [1.82, 2.24) is 4.90 Å². The number of rotatable bonds is 6. The minimum absolute atomic E-state index is 0.275. The number of carbonyl (C=O) groups is 1. The van der Waals surface area contributed by atoms with Crippen molar-refractivity contribution in [2.45, 2.75) is 32.6 Å². The van der Waals surface area contributed by atoms with Crippen molar-refractivity contribution in [2.24, 2.45) is 11.8 Å². The third-order valence-electron chi connectivity index (χ3n) is 5.13. The average Bonchev–Trinajstić information content (AvgIpc) is 3.05. The molecule has 2 unspecified atom stereocenters. The Bertz CT molecular complexity index is 595. The smallest absolute Gasteiger partial charge is 0.222 e. The summed E-state index contributed by atoms with van der Waals surface area (Å²) in [6, 6.07) is 5.93. The Labute approximate surface area is 144 Å². The summed E-state index contributed by atoms with van der Waals surface area (Å²) in [5.41, 5.74) is 1.11. The highest BCUT2D eigenvalue weighted by Crippen LogP contribution is 2.33. The highest BCUT2D eigenvalue weighted by molar-refractivity contribution is 5.76. The Kier molecular flexibility index (Phi) is 5.44. The van der Waals surface area contributed by atoms with E-state index in [1.54, 1.807) is 7.11 Å². The van der Waals surface area contributed by atoms with Gasteiger partial charge in [0.25, 0.3) is 0 Å². The number of likely N-dealkylation sites (tertiary alicyclic amines) is 1. The first-order valence-corrected chi connectivity index (χ1v) is 8.93. The first-order valence-electron chi connectivity index (χ1n) is 8.93. The van der Waals surface area contributed by atoms with Gasteiger partial charge in [-0.3, -0.25) is 4.79 Å². The van der Waals surface area contributed by atoms with Crippen LogP contribution >= 0.6 is 0 Å². The summed E-state index contributed by atoms with van der Waals surface area (Å²) in [6.45, 7) is 4.43. The molecule has 3 rings (SSSR count). The molecule has 1 heterocycles. The zero-order chi connectivity index (χ0) is 16.9. The Morgan fingerprint density at radius 1 is 1.17 bits per heavy atom. The van der Waals surface area contributed by atoms with Gasteiger partial charge in [-0.2, -0.15) is 0 Å². The molecule has 0 radical (unpaired) electrons. The van der Waals surface area contributed by atoms with Crippen LogP contribution in [0.25, 0.3) is 0 Å². The third-order valence-corrected chi connectivity index (χ3v) is 5.13. The molecule has 0 saturated carbocycles. The van der Waals surface area contributed by atoms with Gasteiger partial charge in [0.05, 0.1) is 13.7 Å². The summed E-state index contributed by atoms with van der Waals surface area (Å²) < 4.78 is 10.9. The molecular weight excluding hydrogens is 302 g/mol. The highest BCUT2D eigenvalue weighted by Gasteiger charge is 2.34. The number of amides is 1. The lowest BCUT2D eigenvalue weighted by molar-refractivity contribution is -0.130. The van der Waals surface area contributed by atoms with Crippen molar-refractivity contribution in [1.29, 1.82) is 0 Å². The molecule has 130 valence electrons. The van der Waals surface area contributed by atoms with Crippen LogP contribution in [0.4, 0.5) is 0 Å². The summed E-state index contributed by atoms with van der Waals surface area (Å²) in [5.74, 6) is 3.11. The standard InChI is InChI=1S/C20H27NO3/c1-3-24-18-10-8-15(12-19(18)23-2)9-11-20(22)21-13-16-6-4-5-7-17(16)14-21/h4-5,8,10,12,16-17H,3,6-7,9,11,13-14H2,1-2H3. The number of methoxy groups -OCH3 is 1. The molecule has 24 heavy (non-hydrogen) atoms. The molecular formula is C20H27NO3. The molecule has 2 aliphatic rings. The zero-order valence-corrected chi connectivity index (χ0v) is 14.7. The van der Waals surface area contributed by atoms with Crippen molar-refractivity contribution in [2.75, 3.05) is 26.8 Å². The van der Waals surface area contributed by atoms with Gasteiger partial charge in [0.15, 0.2) is 11.5 Å². The molecule has 1 aromatic rings. The minimum Gasteiger partial charge on any atom is -0.493 e. The Balaban J connectivity index is 1.55. The lowest BCUT2D eigenvalue weighted by Crippen LogP contribution is -2.29. The summed E-state index contributed by atoms with van der Waals surface area (Å²) >= 11 is 0. The summed E-state index contributed by atoms with van der Waals surface area (Å²) in [5, 5.41) is 0. The van der Waals surface area contributed by atoms with Crippen LogP contribution in [0.2, 0.25) is 0 Å². The van der Waals surface area contributed by atoms with Crippen LogP contribution in [-0.4, -0.2) is 37.6 Å². The molecule has 4 nitrogen and oxygen atoms in total. The second-order valence-electron chi connectivity index (χ2n) is 6.68. The van der Waals surface area contributed by atoms with E-state index >= 15 is 0 Å². The number of benzene rings is 1. The second-order valence-corrected chi connectivity index (χ2v) is 6.68. The van der Waals surface area contributed by atoms with Crippen LogP contribution in [0.5, 0.6) is 11.5 Å². The van der Waals surface area contributed by atoms with Gasteiger partial charge in [-0.25, -0.2) is 0 Å². The predicted octanol–water partition coefficient (Wildman–Crippen LogP) is 3.45. The largest absolute Gasteiger partial charge is 0.493 e. The fraction of sp³-hybridized carbons (Fsp3) is 0.550. The van der Waals surface area contributed by atoms with Crippen molar-refractivity contribution in [3.05, 3.63) is 35.9 Å². The van der Waals surface area contributed by atoms with Crippen LogP contribution in [0.3, 0.4) is 0 Å². The molecule has 1 aliphatic carbocycles. The maximum absolute atomic E-state index is 12.5. The predicted molar refractivity (Wildman–Crippen MR) is 94.4 cm³/mol. The van der Waals surface area contributed by atoms with Gasteiger partial charge in [-0.1, -0.05) is 18.2 Å². The van der Waals surface area contributed by atoms with Crippen LogP contribution in [0.1, 0.15) is 31.7 Å². The average molecular weight is 329 g/mol. The molecule has 1 aromatic carbocycles. The fourth-order valence-electron chi connectivity index (χ4n) is 3.77. The van der Waals surface area contributed by atoms with E-state index in [9.17, 15) is 4.79 Å². The summed E-state index contributed by atoms with van der Waals surface area (Å²) in [6.07, 6.45) is 8.09. The Morgan fingerprint density at radius 3 is 2.50 bits per heavy atom. The van der Waals surface area contributed by atoms with Crippen LogP contribution < -0.4 is 9.47 Å². The van der Waals surface area contributed by atoms with E-state index in [1.807, 2.05) is 25.1 Å². The highest BCUT2D eigenvalue weighted by atomic mass is 16.5. The quantitative estimate of drug-likeness (QED) is 0.750. The SMILES string of the molecule is CCOc1ccc(CCC(=O)N2CC3CC=CCC3C2)cc1OC. The summed E-state index contributed by atoms with van der Waals surface area (Å²) in [4.78, 5) is 14.6. The molecule has 1 saturated heterocycles. The van der Waals surface area contributed by atoms with E-state index in [0.717, 1.165) is 49.4 Å². The van der Waals surface area contributed by atoms with Gasteiger partial charge in [-0.15, -0.1) is 0 Å². The first kappa shape index (κ1) is 16.9. The molecule has 0 bridgehead atoms. The Morgan fingerprint density at radius 2 is 1.88 bits per heavy atom. The maximum atomic E-state index is 12.5. The number of fused-ring (bicyclic) bond motifs is 1. The number of aryl methyl sites for hydroxylation is 1. The van der Waals surface area contributed by atoms with Gasteiger partial charge in [0, 0.05) is 19.5 Å². The van der Waals surface area contributed by atoms with E-state index in [-0.39, 0.29) is 5.91 Å². The van der Waals surface area contributed by atoms with Crippen molar-refractivity contribution >= 4 is 5.91 Å². The molecule has 0 aromatic heterocycles. The lowest BCUT2D eigenvalue weighted by Gasteiger charge is -2.17. The topological polar surface area (TPSA) is 38.8 Å². The number of allylic oxidation sites excluding steroid dienone is 2. The van der Waals surface area contributed by atoms with E-state index in [0.29, 0.717) is 24.9 Å². The molecule has 4 heteroatoms. The normalized spacial score (nSPS) is 22.3. The zero-order valence-electron chi connectivity index (χ0n) is 14.7. The first-order chi connectivity index (χ1) is 11.7. The van der Waals surface area contributed by atoms with Gasteiger partial charge in [0.1, 0.15) is 0 Å². The fourth-order valence-corrected chi connectivity index (χ4v) is 3.77.